The van der Waals surface area contributed by atoms with E-state index in [1.165, 1.54) is 12.8 Å². The number of rotatable bonds is 6. The van der Waals surface area contributed by atoms with Crippen molar-refractivity contribution in [2.75, 3.05) is 33.3 Å². The Hall–Kier alpha value is -1.36. The van der Waals surface area contributed by atoms with E-state index in [1.54, 1.807) is 11.7 Å². The smallest absolute Gasteiger partial charge is 0.306 e. The Kier molecular flexibility index (Phi) is 9.49. The molecule has 0 aromatic carbocycles. The average molecular weight is 505 g/mol. The molecule has 1 aliphatic carbocycles. The molecule has 3 rings (SSSR count). The van der Waals surface area contributed by atoms with E-state index in [0.717, 1.165) is 43.9 Å². The van der Waals surface area contributed by atoms with Crippen molar-refractivity contribution in [1.82, 2.24) is 20.0 Å². The van der Waals surface area contributed by atoms with Crippen molar-refractivity contribution in [2.45, 2.75) is 50.7 Å². The minimum Gasteiger partial charge on any atom is -0.462 e. The second-order valence-corrected chi connectivity index (χ2v) is 7.23. The van der Waals surface area contributed by atoms with Crippen molar-refractivity contribution in [3.63, 3.8) is 0 Å². The summed E-state index contributed by atoms with van der Waals surface area (Å²) in [6.07, 6.45) is 9.55. The topological polar surface area (TPSA) is 81.0 Å². The predicted octanol–water partition coefficient (Wildman–Crippen LogP) is 2.25. The summed E-state index contributed by atoms with van der Waals surface area (Å²) in [5.41, 5.74) is 1.08. The Bertz CT molecular complexity index is 645. The van der Waals surface area contributed by atoms with Crippen LogP contribution >= 0.6 is 24.0 Å². The van der Waals surface area contributed by atoms with Crippen LogP contribution in [0.15, 0.2) is 17.4 Å². The molecular formula is C19H32IN5O3. The van der Waals surface area contributed by atoms with Crippen molar-refractivity contribution in [2.24, 2.45) is 12.0 Å². The molecule has 1 aromatic rings. The molecule has 28 heavy (non-hydrogen) atoms. The molecule has 2 heterocycles. The van der Waals surface area contributed by atoms with E-state index < -0.39 is 0 Å². The van der Waals surface area contributed by atoms with Gasteiger partial charge in [0.15, 0.2) is 5.96 Å². The third-order valence-electron chi connectivity index (χ3n) is 5.12. The number of hydrogen-bond donors (Lipinski definition) is 1. The van der Waals surface area contributed by atoms with Gasteiger partial charge in [-0.3, -0.25) is 14.5 Å². The lowest BCUT2D eigenvalue weighted by Crippen LogP contribution is -2.48. The lowest BCUT2D eigenvalue weighted by atomic mass is 10.1. The molecule has 8 nitrogen and oxygen atoms in total. The molecule has 0 radical (unpaired) electrons. The van der Waals surface area contributed by atoms with E-state index >= 15 is 0 Å². The first-order valence-corrected chi connectivity index (χ1v) is 9.91. The molecule has 0 spiro atoms. The van der Waals surface area contributed by atoms with Crippen LogP contribution in [0.1, 0.15) is 50.2 Å². The minimum absolute atomic E-state index is 0. The van der Waals surface area contributed by atoms with Gasteiger partial charge >= 0.3 is 5.97 Å². The molecule has 1 saturated heterocycles. The molecule has 2 fully saturated rings. The fourth-order valence-electron chi connectivity index (χ4n) is 3.67. The number of guanidine groups is 1. The van der Waals surface area contributed by atoms with Gasteiger partial charge in [-0.1, -0.05) is 0 Å². The second-order valence-electron chi connectivity index (χ2n) is 7.23. The normalized spacial score (nSPS) is 20.7. The number of esters is 1. The summed E-state index contributed by atoms with van der Waals surface area (Å²) >= 11 is 0. The Labute approximate surface area is 184 Å². The van der Waals surface area contributed by atoms with E-state index in [-0.39, 0.29) is 42.2 Å². The predicted molar refractivity (Wildman–Crippen MR) is 118 cm³/mol. The van der Waals surface area contributed by atoms with Crippen molar-refractivity contribution in [3.05, 3.63) is 18.0 Å². The average Bonchev–Trinajstić information content (AvgIpc) is 3.33. The number of ether oxygens (including phenoxy) is 2. The Morgan fingerprint density at radius 2 is 2.21 bits per heavy atom. The molecule has 2 aliphatic rings. The van der Waals surface area contributed by atoms with Crippen LogP contribution in [0.2, 0.25) is 0 Å². The lowest BCUT2D eigenvalue weighted by molar-refractivity contribution is -0.148. The van der Waals surface area contributed by atoms with Gasteiger partial charge in [0, 0.05) is 45.4 Å². The molecule has 0 amide bonds. The van der Waals surface area contributed by atoms with Crippen LogP contribution in [-0.4, -0.2) is 66.0 Å². The maximum atomic E-state index is 11.9. The summed E-state index contributed by atoms with van der Waals surface area (Å²) in [6.45, 7) is 2.87. The van der Waals surface area contributed by atoms with Gasteiger partial charge in [0.05, 0.1) is 19.3 Å². The molecule has 1 saturated carbocycles. The van der Waals surface area contributed by atoms with Crippen LogP contribution in [0.3, 0.4) is 0 Å². The van der Waals surface area contributed by atoms with Gasteiger partial charge in [-0.25, -0.2) is 0 Å². The highest BCUT2D eigenvalue weighted by atomic mass is 127. The standard InChI is InChI=1S/C19H31N5O3.HI/c1-20-19(21-9-5-8-18(25)27-16-6-3-4-7-16)24-10-11-26-17(14-24)15-12-22-23(2)13-15;/h12-13,16-17H,3-11,14H2,1-2H3,(H,20,21);1H. The zero-order valence-corrected chi connectivity index (χ0v) is 19.1. The van der Waals surface area contributed by atoms with Gasteiger partial charge in [-0.15, -0.1) is 24.0 Å². The molecular weight excluding hydrogens is 473 g/mol. The van der Waals surface area contributed by atoms with E-state index in [2.05, 4.69) is 20.3 Å². The molecule has 1 aliphatic heterocycles. The van der Waals surface area contributed by atoms with Gasteiger partial charge in [0.25, 0.3) is 0 Å². The van der Waals surface area contributed by atoms with E-state index in [4.69, 9.17) is 9.47 Å². The molecule has 1 N–H and O–H groups in total. The zero-order chi connectivity index (χ0) is 19.1. The monoisotopic (exact) mass is 505 g/mol. The lowest BCUT2D eigenvalue weighted by Gasteiger charge is -2.34. The number of morpholine rings is 1. The summed E-state index contributed by atoms with van der Waals surface area (Å²) in [7, 11) is 3.69. The molecule has 1 aromatic heterocycles. The fraction of sp³-hybridized carbons (Fsp3) is 0.737. The van der Waals surface area contributed by atoms with E-state index in [0.29, 0.717) is 19.6 Å². The number of halogens is 1. The number of aryl methyl sites for hydroxylation is 1. The highest BCUT2D eigenvalue weighted by Crippen LogP contribution is 2.22. The van der Waals surface area contributed by atoms with E-state index in [9.17, 15) is 4.79 Å². The maximum Gasteiger partial charge on any atom is 0.306 e. The third kappa shape index (κ3) is 6.61. The molecule has 9 heteroatoms. The van der Waals surface area contributed by atoms with Crippen LogP contribution in [-0.2, 0) is 21.3 Å². The number of hydrogen-bond acceptors (Lipinski definition) is 5. The van der Waals surface area contributed by atoms with Crippen molar-refractivity contribution < 1.29 is 14.3 Å². The summed E-state index contributed by atoms with van der Waals surface area (Å²) in [6, 6.07) is 0. The zero-order valence-electron chi connectivity index (χ0n) is 16.8. The Morgan fingerprint density at radius 1 is 1.43 bits per heavy atom. The number of carbonyl (C=O) groups excluding carboxylic acids is 1. The van der Waals surface area contributed by atoms with Crippen molar-refractivity contribution in [1.29, 1.82) is 0 Å². The highest BCUT2D eigenvalue weighted by Gasteiger charge is 2.25. The van der Waals surface area contributed by atoms with Crippen LogP contribution in [0.4, 0.5) is 0 Å². The minimum atomic E-state index is -0.0818. The van der Waals surface area contributed by atoms with Crippen LogP contribution in [0, 0.1) is 0 Å². The van der Waals surface area contributed by atoms with Gasteiger partial charge in [0.1, 0.15) is 12.2 Å². The van der Waals surface area contributed by atoms with Gasteiger partial charge in [0.2, 0.25) is 0 Å². The number of aromatic nitrogens is 2. The highest BCUT2D eigenvalue weighted by molar-refractivity contribution is 14.0. The van der Waals surface area contributed by atoms with Crippen molar-refractivity contribution >= 4 is 35.9 Å². The fourth-order valence-corrected chi connectivity index (χ4v) is 3.67. The molecule has 1 atom stereocenters. The van der Waals surface area contributed by atoms with Gasteiger partial charge in [-0.2, -0.15) is 5.10 Å². The van der Waals surface area contributed by atoms with Crippen LogP contribution < -0.4 is 5.32 Å². The van der Waals surface area contributed by atoms with Crippen molar-refractivity contribution in [3.8, 4) is 0 Å². The SMILES string of the molecule is CN=C(NCCCC(=O)OC1CCCC1)N1CCOC(c2cnn(C)c2)C1.I. The quantitative estimate of drug-likeness (QED) is 0.210. The first-order valence-electron chi connectivity index (χ1n) is 9.91. The Balaban J connectivity index is 0.00000280. The molecule has 158 valence electrons. The van der Waals surface area contributed by atoms with Gasteiger partial charge < -0.3 is 19.7 Å². The molecule has 0 bridgehead atoms. The maximum absolute atomic E-state index is 11.9. The number of nitrogens with zero attached hydrogens (tertiary/aromatic N) is 4. The first-order chi connectivity index (χ1) is 13.2. The van der Waals surface area contributed by atoms with Gasteiger partial charge in [-0.05, 0) is 32.1 Å². The number of nitrogens with one attached hydrogen (secondary N) is 1. The largest absolute Gasteiger partial charge is 0.462 e. The first kappa shape index (κ1) is 22.9. The summed E-state index contributed by atoms with van der Waals surface area (Å²) in [5.74, 6) is 0.762. The number of aliphatic imine (C=N–C) groups is 1. The third-order valence-corrected chi connectivity index (χ3v) is 5.12. The summed E-state index contributed by atoms with van der Waals surface area (Å²) < 4.78 is 13.2. The van der Waals surface area contributed by atoms with E-state index in [1.807, 2.05) is 19.4 Å². The molecule has 1 unspecified atom stereocenters. The van der Waals surface area contributed by atoms with Crippen LogP contribution in [0.5, 0.6) is 0 Å². The Morgan fingerprint density at radius 3 is 2.89 bits per heavy atom. The second kappa shape index (κ2) is 11.6. The number of carbonyl (C=O) groups is 1. The summed E-state index contributed by atoms with van der Waals surface area (Å²) in [4.78, 5) is 18.5. The summed E-state index contributed by atoms with van der Waals surface area (Å²) in [5, 5.41) is 7.58. The van der Waals surface area contributed by atoms with Crippen LogP contribution in [0.25, 0.3) is 0 Å².